The van der Waals surface area contributed by atoms with Crippen molar-refractivity contribution >= 4 is 17.7 Å². The molecule has 0 saturated heterocycles. The first-order valence-electron chi connectivity index (χ1n) is 5.12. The molecule has 0 aliphatic rings. The second-order valence-corrected chi connectivity index (χ2v) is 3.36. The molecule has 1 aromatic rings. The molecule has 0 spiro atoms. The van der Waals surface area contributed by atoms with E-state index in [0.29, 0.717) is 25.3 Å². The zero-order chi connectivity index (χ0) is 11.8. The van der Waals surface area contributed by atoms with Crippen molar-refractivity contribution in [3.63, 3.8) is 0 Å². The lowest BCUT2D eigenvalue weighted by Crippen LogP contribution is -2.29. The molecular formula is C11H15ClN2O2. The van der Waals surface area contributed by atoms with Crippen LogP contribution in [0.2, 0.25) is 0 Å². The molecule has 0 unspecified atom stereocenters. The van der Waals surface area contributed by atoms with Gasteiger partial charge in [0, 0.05) is 18.7 Å². The van der Waals surface area contributed by atoms with E-state index in [1.807, 2.05) is 6.92 Å². The number of ether oxygens (including phenoxy) is 1. The third-order valence-electron chi connectivity index (χ3n) is 1.93. The van der Waals surface area contributed by atoms with Gasteiger partial charge < -0.3 is 10.1 Å². The highest BCUT2D eigenvalue weighted by Gasteiger charge is 2.04. The Morgan fingerprint density at radius 1 is 1.31 bits per heavy atom. The smallest absolute Gasteiger partial charge is 0.251 e. The van der Waals surface area contributed by atoms with Gasteiger partial charge in [-0.1, -0.05) is 0 Å². The molecule has 0 aliphatic carbocycles. The van der Waals surface area contributed by atoms with E-state index >= 15 is 0 Å². The van der Waals surface area contributed by atoms with E-state index in [9.17, 15) is 4.79 Å². The maximum atomic E-state index is 11.6. The molecule has 0 fully saturated rings. The lowest BCUT2D eigenvalue weighted by atomic mass is 10.2. The first-order chi connectivity index (χ1) is 7.77. The number of carbonyl (C=O) groups is 1. The molecule has 88 valence electrons. The highest BCUT2D eigenvalue weighted by atomic mass is 35.5. The quantitative estimate of drug-likeness (QED) is 0.588. The summed E-state index contributed by atoms with van der Waals surface area (Å²) in [5.41, 5.74) is 0.609. The topological polar surface area (TPSA) is 50.4 Å². The van der Waals surface area contributed by atoms with Crippen molar-refractivity contribution in [2.24, 2.45) is 0 Å². The lowest BCUT2D eigenvalue weighted by molar-refractivity contribution is 0.0954. The second-order valence-electron chi connectivity index (χ2n) is 3.10. The van der Waals surface area contributed by atoms with Gasteiger partial charge in [0.15, 0.2) is 0 Å². The molecule has 5 heteroatoms. The fraction of sp³-hybridized carbons (Fsp3) is 0.364. The third-order valence-corrected chi connectivity index (χ3v) is 2.12. The summed E-state index contributed by atoms with van der Waals surface area (Å²) < 4.78 is 5.28. The maximum absolute atomic E-state index is 11.6. The van der Waals surface area contributed by atoms with Crippen molar-refractivity contribution < 1.29 is 9.53 Å². The molecule has 0 aliphatic heterocycles. The van der Waals surface area contributed by atoms with Gasteiger partial charge in [-0.3, -0.25) is 4.79 Å². The predicted molar refractivity (Wildman–Crippen MR) is 63.8 cm³/mol. The van der Waals surface area contributed by atoms with E-state index in [2.05, 4.69) is 10.2 Å². The first kappa shape index (κ1) is 12.8. The van der Waals surface area contributed by atoms with Crippen LogP contribution in [0, 0.1) is 0 Å². The summed E-state index contributed by atoms with van der Waals surface area (Å²) in [6.45, 7) is 3.56. The van der Waals surface area contributed by atoms with Gasteiger partial charge in [-0.05, 0) is 43.0 Å². The van der Waals surface area contributed by atoms with E-state index in [1.165, 1.54) is 0 Å². The van der Waals surface area contributed by atoms with E-state index < -0.39 is 0 Å². The van der Waals surface area contributed by atoms with Crippen LogP contribution < -0.4 is 14.9 Å². The van der Waals surface area contributed by atoms with Crippen LogP contribution in [0.4, 0.5) is 0 Å². The molecule has 0 bridgehead atoms. The predicted octanol–water partition coefficient (Wildman–Crippen LogP) is 1.56. The summed E-state index contributed by atoms with van der Waals surface area (Å²) >= 11 is 5.27. The van der Waals surface area contributed by atoms with E-state index in [4.69, 9.17) is 16.5 Å². The van der Waals surface area contributed by atoms with Crippen molar-refractivity contribution in [1.29, 1.82) is 0 Å². The van der Waals surface area contributed by atoms with Crippen molar-refractivity contribution in [1.82, 2.24) is 10.2 Å². The lowest BCUT2D eigenvalue weighted by Gasteiger charge is -2.06. The zero-order valence-electron chi connectivity index (χ0n) is 9.13. The summed E-state index contributed by atoms with van der Waals surface area (Å²) in [4.78, 5) is 14.0. The van der Waals surface area contributed by atoms with Gasteiger partial charge in [0.05, 0.1) is 6.61 Å². The van der Waals surface area contributed by atoms with Gasteiger partial charge in [0.1, 0.15) is 5.75 Å². The normalized spacial score (nSPS) is 9.88. The number of hydrogen-bond acceptors (Lipinski definition) is 3. The molecule has 0 aromatic heterocycles. The third kappa shape index (κ3) is 4.08. The van der Waals surface area contributed by atoms with Gasteiger partial charge in [-0.15, -0.1) is 0 Å². The first-order valence-corrected chi connectivity index (χ1v) is 5.50. The Bertz CT molecular complexity index is 327. The van der Waals surface area contributed by atoms with E-state index in [1.54, 1.807) is 24.3 Å². The minimum atomic E-state index is -0.116. The molecule has 0 saturated carbocycles. The van der Waals surface area contributed by atoms with E-state index in [0.717, 1.165) is 5.75 Å². The molecule has 1 rings (SSSR count). The molecular weight excluding hydrogens is 228 g/mol. The number of benzene rings is 1. The summed E-state index contributed by atoms with van der Waals surface area (Å²) in [7, 11) is 0. The summed E-state index contributed by atoms with van der Waals surface area (Å²) in [5, 5.41) is 2.72. The standard InChI is InChI=1S/C11H15ClN2O2/c1-2-16-10-5-3-9(4-6-10)11(15)13-7-8-14-12/h3-6,14H,2,7-8H2,1H3,(H,13,15). The SMILES string of the molecule is CCOc1ccc(C(=O)NCCNCl)cc1. The van der Waals surface area contributed by atoms with Crippen LogP contribution in [0.25, 0.3) is 0 Å². The van der Waals surface area contributed by atoms with Gasteiger partial charge in [-0.2, -0.15) is 0 Å². The Kier molecular flexibility index (Phi) is 5.67. The van der Waals surface area contributed by atoms with Gasteiger partial charge in [0.25, 0.3) is 5.91 Å². The Morgan fingerprint density at radius 3 is 2.56 bits per heavy atom. The summed E-state index contributed by atoms with van der Waals surface area (Å²) in [6.07, 6.45) is 0. The second kappa shape index (κ2) is 7.09. The zero-order valence-corrected chi connectivity index (χ0v) is 9.88. The number of halogens is 1. The molecule has 2 N–H and O–H groups in total. The number of nitrogens with one attached hydrogen (secondary N) is 2. The molecule has 0 radical (unpaired) electrons. The average Bonchev–Trinajstić information content (AvgIpc) is 2.30. The molecule has 1 aromatic carbocycles. The molecule has 0 atom stereocenters. The van der Waals surface area contributed by atoms with E-state index in [-0.39, 0.29) is 5.91 Å². The summed E-state index contributed by atoms with van der Waals surface area (Å²) in [6, 6.07) is 7.01. The number of hydrogen-bond donors (Lipinski definition) is 2. The average molecular weight is 243 g/mol. The number of carbonyl (C=O) groups excluding carboxylic acids is 1. The highest BCUT2D eigenvalue weighted by molar-refractivity contribution is 6.13. The Balaban J connectivity index is 2.49. The van der Waals surface area contributed by atoms with Crippen LogP contribution in [0.3, 0.4) is 0 Å². The van der Waals surface area contributed by atoms with Crippen LogP contribution in [0.15, 0.2) is 24.3 Å². The molecule has 0 heterocycles. The minimum Gasteiger partial charge on any atom is -0.494 e. The van der Waals surface area contributed by atoms with Crippen LogP contribution in [0.1, 0.15) is 17.3 Å². The highest BCUT2D eigenvalue weighted by Crippen LogP contribution is 2.11. The van der Waals surface area contributed by atoms with Crippen molar-refractivity contribution in [2.75, 3.05) is 19.7 Å². The van der Waals surface area contributed by atoms with Gasteiger partial charge in [-0.25, -0.2) is 4.84 Å². The molecule has 4 nitrogen and oxygen atoms in total. The minimum absolute atomic E-state index is 0.116. The Morgan fingerprint density at radius 2 is 2.00 bits per heavy atom. The summed E-state index contributed by atoms with van der Waals surface area (Å²) in [5.74, 6) is 0.649. The van der Waals surface area contributed by atoms with Crippen LogP contribution in [-0.4, -0.2) is 25.6 Å². The fourth-order valence-electron chi connectivity index (χ4n) is 1.19. The monoisotopic (exact) mass is 242 g/mol. The van der Waals surface area contributed by atoms with Gasteiger partial charge in [0.2, 0.25) is 0 Å². The maximum Gasteiger partial charge on any atom is 0.251 e. The van der Waals surface area contributed by atoms with Crippen LogP contribution in [0.5, 0.6) is 5.75 Å². The molecule has 16 heavy (non-hydrogen) atoms. The van der Waals surface area contributed by atoms with Crippen LogP contribution >= 0.6 is 11.8 Å². The van der Waals surface area contributed by atoms with Crippen LogP contribution in [-0.2, 0) is 0 Å². The number of amides is 1. The largest absolute Gasteiger partial charge is 0.494 e. The van der Waals surface area contributed by atoms with Crippen molar-refractivity contribution in [3.05, 3.63) is 29.8 Å². The Labute approximate surface area is 100 Å². The molecule has 1 amide bonds. The van der Waals surface area contributed by atoms with Crippen molar-refractivity contribution in [3.8, 4) is 5.75 Å². The Hall–Kier alpha value is -1.26. The van der Waals surface area contributed by atoms with Crippen molar-refractivity contribution in [2.45, 2.75) is 6.92 Å². The fourth-order valence-corrected chi connectivity index (χ4v) is 1.29. The number of rotatable bonds is 6. The van der Waals surface area contributed by atoms with Gasteiger partial charge >= 0.3 is 0 Å².